The number of halogens is 4. The fourth-order valence-corrected chi connectivity index (χ4v) is 8.30. The number of methoxy groups -OCH3 is 2. The molecule has 0 radical (unpaired) electrons. The molecular formula is C44H42F4N4O6S2. The summed E-state index contributed by atoms with van der Waals surface area (Å²) in [6, 6.07) is 21.6. The van der Waals surface area contributed by atoms with E-state index >= 15 is 0 Å². The zero-order valence-electron chi connectivity index (χ0n) is 32.6. The molecule has 5 aromatic rings. The molecule has 0 spiro atoms. The lowest BCUT2D eigenvalue weighted by atomic mass is 10.0. The molecule has 16 heteroatoms. The fraction of sp³-hybridized carbons (Fsp3) is 0.182. The minimum absolute atomic E-state index is 0.0179. The third kappa shape index (κ3) is 12.1. The van der Waals surface area contributed by atoms with Gasteiger partial charge in [-0.2, -0.15) is 4.72 Å². The van der Waals surface area contributed by atoms with Crippen LogP contribution in [-0.4, -0.2) is 59.6 Å². The number of benzene rings is 5. The lowest BCUT2D eigenvalue weighted by molar-refractivity contribution is -0.120. The number of sulfonamides is 1. The van der Waals surface area contributed by atoms with Crippen molar-refractivity contribution < 1.29 is 45.0 Å². The Labute approximate surface area is 350 Å². The predicted molar refractivity (Wildman–Crippen MR) is 225 cm³/mol. The van der Waals surface area contributed by atoms with Crippen LogP contribution < -0.4 is 28.7 Å². The number of amides is 2. The van der Waals surface area contributed by atoms with E-state index in [1.807, 2.05) is 0 Å². The second-order valence-electron chi connectivity index (χ2n) is 13.3. The van der Waals surface area contributed by atoms with Crippen LogP contribution >= 0.6 is 11.9 Å². The zero-order chi connectivity index (χ0) is 43.4. The monoisotopic (exact) mass is 862 g/mol. The average Bonchev–Trinajstić information content (AvgIpc) is 3.22. The second kappa shape index (κ2) is 20.8. The average molecular weight is 863 g/mol. The van der Waals surface area contributed by atoms with Gasteiger partial charge in [0.25, 0.3) is 0 Å². The highest BCUT2D eigenvalue weighted by Crippen LogP contribution is 2.26. The zero-order valence-corrected chi connectivity index (χ0v) is 34.2. The predicted octanol–water partition coefficient (Wildman–Crippen LogP) is 7.80. The van der Waals surface area contributed by atoms with Gasteiger partial charge in [0, 0.05) is 41.5 Å². The maximum atomic E-state index is 14.3. The summed E-state index contributed by atoms with van der Waals surface area (Å²) in [6.07, 6.45) is 2.38. The molecule has 0 aliphatic carbocycles. The molecule has 2 atom stereocenters. The van der Waals surface area contributed by atoms with Crippen LogP contribution in [-0.2, 0) is 32.5 Å². The minimum Gasteiger partial charge on any atom is -0.497 e. The van der Waals surface area contributed by atoms with Crippen molar-refractivity contribution in [1.29, 1.82) is 0 Å². The Morgan fingerprint density at radius 1 is 0.667 bits per heavy atom. The second-order valence-corrected chi connectivity index (χ2v) is 15.9. The van der Waals surface area contributed by atoms with Crippen molar-refractivity contribution in [2.45, 2.75) is 34.7 Å². The van der Waals surface area contributed by atoms with Gasteiger partial charge < -0.3 is 19.3 Å². The number of nitrogens with one attached hydrogen (secondary N) is 2. The molecule has 0 bridgehead atoms. The molecule has 60 heavy (non-hydrogen) atoms. The molecule has 0 saturated heterocycles. The maximum absolute atomic E-state index is 14.3. The minimum atomic E-state index is -4.54. The Balaban J connectivity index is 1.44. The van der Waals surface area contributed by atoms with Crippen LogP contribution in [0.5, 0.6) is 11.5 Å². The Morgan fingerprint density at radius 2 is 1.10 bits per heavy atom. The van der Waals surface area contributed by atoms with Crippen LogP contribution in [0.1, 0.15) is 11.1 Å². The number of carbonyl (C=O) groups is 2. The van der Waals surface area contributed by atoms with Crippen molar-refractivity contribution in [3.05, 3.63) is 169 Å². The van der Waals surface area contributed by atoms with Crippen LogP contribution in [0.4, 0.5) is 28.9 Å². The lowest BCUT2D eigenvalue weighted by Crippen LogP contribution is -2.50. The quantitative estimate of drug-likeness (QED) is 0.0463. The third-order valence-corrected chi connectivity index (χ3v) is 11.3. The van der Waals surface area contributed by atoms with Crippen LogP contribution in [0, 0.1) is 23.3 Å². The third-order valence-electron chi connectivity index (χ3n) is 8.98. The van der Waals surface area contributed by atoms with Gasteiger partial charge in [0.1, 0.15) is 46.9 Å². The van der Waals surface area contributed by atoms with E-state index in [0.717, 1.165) is 36.2 Å². The molecular weight excluding hydrogens is 821 g/mol. The highest BCUT2D eigenvalue weighted by atomic mass is 32.2. The SMILES string of the molecule is C=CCN(C(=O)[C@H](Cc1cc(F)cc(F)c1)NSc1cccc(S(=O)(=O)N[C@@H](Cc2cc(F)cc(F)c2)C(=O)N(CC=C)c2ccc(OC)cc2)c1)c1ccc(OC)cc1. The highest BCUT2D eigenvalue weighted by molar-refractivity contribution is 7.97. The fourth-order valence-electron chi connectivity index (χ4n) is 6.19. The number of hydrogen-bond acceptors (Lipinski definition) is 8. The molecule has 0 aliphatic heterocycles. The van der Waals surface area contributed by atoms with E-state index in [4.69, 9.17) is 9.47 Å². The summed E-state index contributed by atoms with van der Waals surface area (Å²) in [7, 11) is -1.56. The first-order chi connectivity index (χ1) is 28.7. The van der Waals surface area contributed by atoms with Gasteiger partial charge in [0.05, 0.1) is 19.1 Å². The van der Waals surface area contributed by atoms with Crippen molar-refractivity contribution in [2.24, 2.45) is 0 Å². The van der Waals surface area contributed by atoms with E-state index in [1.54, 1.807) is 54.6 Å². The van der Waals surface area contributed by atoms with Crippen molar-refractivity contribution in [2.75, 3.05) is 37.1 Å². The topological polar surface area (TPSA) is 117 Å². The molecule has 2 N–H and O–H groups in total. The lowest BCUT2D eigenvalue weighted by Gasteiger charge is -2.28. The Kier molecular flexibility index (Phi) is 15.7. The highest BCUT2D eigenvalue weighted by Gasteiger charge is 2.31. The van der Waals surface area contributed by atoms with E-state index in [0.29, 0.717) is 39.9 Å². The van der Waals surface area contributed by atoms with Crippen molar-refractivity contribution in [1.82, 2.24) is 9.44 Å². The molecule has 5 rings (SSSR count). The molecule has 2 amide bonds. The molecule has 0 saturated carbocycles. The van der Waals surface area contributed by atoms with Gasteiger partial charge >= 0.3 is 0 Å². The smallest absolute Gasteiger partial charge is 0.245 e. The van der Waals surface area contributed by atoms with Crippen molar-refractivity contribution in [3.63, 3.8) is 0 Å². The van der Waals surface area contributed by atoms with Gasteiger partial charge in [-0.05, 0) is 127 Å². The number of anilines is 2. The van der Waals surface area contributed by atoms with E-state index < -0.39 is 63.6 Å². The summed E-state index contributed by atoms with van der Waals surface area (Å²) in [4.78, 5) is 31.2. The Bertz CT molecular complexity index is 2380. The van der Waals surface area contributed by atoms with E-state index in [1.165, 1.54) is 54.4 Å². The Morgan fingerprint density at radius 3 is 1.53 bits per heavy atom. The summed E-state index contributed by atoms with van der Waals surface area (Å²) < 4.78 is 101. The van der Waals surface area contributed by atoms with Gasteiger partial charge in [0.2, 0.25) is 21.8 Å². The molecule has 314 valence electrons. The van der Waals surface area contributed by atoms with Crippen LogP contribution in [0.3, 0.4) is 0 Å². The van der Waals surface area contributed by atoms with Crippen LogP contribution in [0.25, 0.3) is 0 Å². The number of carbonyl (C=O) groups excluding carboxylic acids is 2. The standard InChI is InChI=1S/C44H42F4N4O6S2/c1-5-18-51(35-10-14-37(57-3)15-11-35)43(53)41(24-29-20-31(45)26-32(46)21-29)49-59-39-8-7-9-40(28-39)60(55,56)50-42(25-30-22-33(47)27-34(48)23-30)44(54)52(19-6-2)36-12-16-38(58-4)17-13-36/h5-17,20-23,26-28,41-42,49-50H,1-2,18-19,24-25H2,3-4H3/t41-,42-/m0/s1. The molecule has 10 nitrogen and oxygen atoms in total. The van der Waals surface area contributed by atoms with Gasteiger partial charge in [-0.1, -0.05) is 18.2 Å². The van der Waals surface area contributed by atoms with Crippen molar-refractivity contribution >= 4 is 45.2 Å². The van der Waals surface area contributed by atoms with E-state index in [-0.39, 0.29) is 35.5 Å². The normalized spacial score (nSPS) is 12.2. The number of rotatable bonds is 20. The summed E-state index contributed by atoms with van der Waals surface area (Å²) in [5, 5.41) is 0. The number of nitrogens with zero attached hydrogens (tertiary/aromatic N) is 2. The summed E-state index contributed by atoms with van der Waals surface area (Å²) in [5.74, 6) is -3.65. The summed E-state index contributed by atoms with van der Waals surface area (Å²) >= 11 is 0.891. The van der Waals surface area contributed by atoms with Gasteiger partial charge in [-0.3, -0.25) is 9.59 Å². The first kappa shape index (κ1) is 45.1. The first-order valence-electron chi connectivity index (χ1n) is 18.3. The van der Waals surface area contributed by atoms with Crippen LogP contribution in [0.15, 0.2) is 144 Å². The van der Waals surface area contributed by atoms with Crippen molar-refractivity contribution in [3.8, 4) is 11.5 Å². The maximum Gasteiger partial charge on any atom is 0.245 e. The van der Waals surface area contributed by atoms with Gasteiger partial charge in [-0.15, -0.1) is 13.2 Å². The molecule has 0 heterocycles. The van der Waals surface area contributed by atoms with E-state index in [9.17, 15) is 35.6 Å². The Hall–Kier alpha value is -5.94. The molecule has 0 aromatic heterocycles. The number of ether oxygens (including phenoxy) is 2. The molecule has 0 aliphatic rings. The first-order valence-corrected chi connectivity index (χ1v) is 20.6. The van der Waals surface area contributed by atoms with Gasteiger partial charge in [0.15, 0.2) is 0 Å². The molecule has 0 unspecified atom stereocenters. The molecule has 5 aromatic carbocycles. The summed E-state index contributed by atoms with van der Waals surface area (Å²) in [5.41, 5.74) is 1.07. The summed E-state index contributed by atoms with van der Waals surface area (Å²) in [6.45, 7) is 7.53. The largest absolute Gasteiger partial charge is 0.497 e. The van der Waals surface area contributed by atoms with Gasteiger partial charge in [-0.25, -0.2) is 30.7 Å². The number of hydrogen-bond donors (Lipinski definition) is 2. The van der Waals surface area contributed by atoms with E-state index in [2.05, 4.69) is 22.6 Å². The molecule has 0 fully saturated rings. The van der Waals surface area contributed by atoms with Crippen LogP contribution in [0.2, 0.25) is 0 Å².